The zero-order valence-corrected chi connectivity index (χ0v) is 14.0. The normalized spacial score (nSPS) is 10.4. The van der Waals surface area contributed by atoms with Crippen molar-refractivity contribution in [3.05, 3.63) is 47.3 Å². The fraction of sp³-hybridized carbons (Fsp3) is 0.389. The number of hydrogen-bond acceptors (Lipinski definition) is 4. The zero-order valence-electron chi connectivity index (χ0n) is 14.0. The lowest BCUT2D eigenvalue weighted by Gasteiger charge is -2.10. The summed E-state index contributed by atoms with van der Waals surface area (Å²) in [5, 5.41) is 6.07. The topological polar surface area (TPSA) is 66.9 Å². The molecule has 0 radical (unpaired) electrons. The molecule has 1 heterocycles. The molecule has 0 atom stereocenters. The molecule has 2 N–H and O–H groups in total. The maximum absolute atomic E-state index is 12.4. The van der Waals surface area contributed by atoms with Crippen molar-refractivity contribution >= 4 is 17.5 Å². The van der Waals surface area contributed by atoms with Gasteiger partial charge in [0.15, 0.2) is 0 Å². The Morgan fingerprint density at radius 2 is 2.00 bits per heavy atom. The minimum absolute atomic E-state index is 0.224. The number of carbonyl (C=O) groups is 1. The molecular weight excluding hydrogens is 288 g/mol. The Kier molecular flexibility index (Phi) is 6.09. The van der Waals surface area contributed by atoms with E-state index in [1.165, 1.54) is 12.8 Å². The van der Waals surface area contributed by atoms with Gasteiger partial charge in [-0.3, -0.25) is 4.79 Å². The van der Waals surface area contributed by atoms with Gasteiger partial charge in [-0.1, -0.05) is 31.9 Å². The van der Waals surface area contributed by atoms with E-state index >= 15 is 0 Å². The van der Waals surface area contributed by atoms with Crippen LogP contribution in [0.4, 0.5) is 11.6 Å². The van der Waals surface area contributed by atoms with Gasteiger partial charge in [-0.25, -0.2) is 9.97 Å². The van der Waals surface area contributed by atoms with E-state index < -0.39 is 0 Å². The molecule has 1 amide bonds. The Labute approximate surface area is 137 Å². The second kappa shape index (κ2) is 8.27. The van der Waals surface area contributed by atoms with Crippen LogP contribution in [0.25, 0.3) is 0 Å². The summed E-state index contributed by atoms with van der Waals surface area (Å²) in [7, 11) is 0. The molecule has 2 aromatic rings. The second-order valence-corrected chi connectivity index (χ2v) is 5.67. The van der Waals surface area contributed by atoms with Crippen molar-refractivity contribution < 1.29 is 4.79 Å². The molecule has 5 heteroatoms. The number of nitrogens with one attached hydrogen (secondary N) is 2. The number of aromatic nitrogens is 2. The minimum Gasteiger partial charge on any atom is -0.354 e. The molecular formula is C18H24N4O. The Hall–Kier alpha value is -2.43. The molecule has 0 aliphatic carbocycles. The van der Waals surface area contributed by atoms with E-state index in [0.29, 0.717) is 11.6 Å². The average molecular weight is 312 g/mol. The molecule has 0 saturated carbocycles. The van der Waals surface area contributed by atoms with Gasteiger partial charge in [0.05, 0.1) is 0 Å². The van der Waals surface area contributed by atoms with Crippen LogP contribution in [-0.4, -0.2) is 22.4 Å². The van der Waals surface area contributed by atoms with Gasteiger partial charge < -0.3 is 10.6 Å². The molecule has 1 aromatic heterocycles. The Balaban J connectivity index is 2.03. The molecule has 23 heavy (non-hydrogen) atoms. The monoisotopic (exact) mass is 312 g/mol. The lowest BCUT2D eigenvalue weighted by atomic mass is 10.1. The summed E-state index contributed by atoms with van der Waals surface area (Å²) >= 11 is 0. The summed E-state index contributed by atoms with van der Waals surface area (Å²) in [5.74, 6) is 0.271. The van der Waals surface area contributed by atoms with Crippen molar-refractivity contribution in [1.82, 2.24) is 9.97 Å². The maximum Gasteiger partial charge on any atom is 0.274 e. The molecule has 0 fully saturated rings. The largest absolute Gasteiger partial charge is 0.354 e. The number of carbonyl (C=O) groups excluding carboxylic acids is 1. The van der Waals surface area contributed by atoms with Crippen LogP contribution in [0.15, 0.2) is 30.5 Å². The average Bonchev–Trinajstić information content (AvgIpc) is 2.55. The molecule has 2 rings (SSSR count). The first-order valence-electron chi connectivity index (χ1n) is 8.05. The lowest BCUT2D eigenvalue weighted by Crippen LogP contribution is -2.16. The van der Waals surface area contributed by atoms with Crippen molar-refractivity contribution in [2.75, 3.05) is 17.2 Å². The molecule has 0 aliphatic rings. The molecule has 0 unspecified atom stereocenters. The summed E-state index contributed by atoms with van der Waals surface area (Å²) in [6, 6.07) is 7.59. The van der Waals surface area contributed by atoms with Gasteiger partial charge in [-0.2, -0.15) is 0 Å². The third-order valence-corrected chi connectivity index (χ3v) is 3.59. The minimum atomic E-state index is -0.224. The van der Waals surface area contributed by atoms with Crippen molar-refractivity contribution in [2.45, 2.75) is 40.0 Å². The third-order valence-electron chi connectivity index (χ3n) is 3.59. The number of amides is 1. The molecule has 0 saturated heterocycles. The molecule has 5 nitrogen and oxygen atoms in total. The van der Waals surface area contributed by atoms with Crippen molar-refractivity contribution in [1.29, 1.82) is 0 Å². The van der Waals surface area contributed by atoms with E-state index in [1.54, 1.807) is 12.3 Å². The van der Waals surface area contributed by atoms with Gasteiger partial charge >= 0.3 is 0 Å². The summed E-state index contributed by atoms with van der Waals surface area (Å²) < 4.78 is 0. The molecule has 0 spiro atoms. The summed E-state index contributed by atoms with van der Waals surface area (Å²) in [5.41, 5.74) is 3.30. The molecule has 0 bridgehead atoms. The number of anilines is 2. The van der Waals surface area contributed by atoms with E-state index in [9.17, 15) is 4.79 Å². The fourth-order valence-electron chi connectivity index (χ4n) is 2.20. The molecule has 0 aliphatic heterocycles. The highest BCUT2D eigenvalue weighted by Gasteiger charge is 2.10. The van der Waals surface area contributed by atoms with E-state index in [1.807, 2.05) is 32.0 Å². The van der Waals surface area contributed by atoms with E-state index in [2.05, 4.69) is 27.5 Å². The summed E-state index contributed by atoms with van der Waals surface area (Å²) in [4.78, 5) is 20.8. The first-order chi connectivity index (χ1) is 11.1. The van der Waals surface area contributed by atoms with Crippen LogP contribution in [0.1, 0.15) is 47.8 Å². The predicted molar refractivity (Wildman–Crippen MR) is 93.9 cm³/mol. The second-order valence-electron chi connectivity index (χ2n) is 5.67. The van der Waals surface area contributed by atoms with Gasteiger partial charge in [0.1, 0.15) is 5.69 Å². The number of nitrogens with zero attached hydrogens (tertiary/aromatic N) is 2. The number of rotatable bonds is 7. The first kappa shape index (κ1) is 16.9. The van der Waals surface area contributed by atoms with Crippen LogP contribution in [0, 0.1) is 13.8 Å². The van der Waals surface area contributed by atoms with Gasteiger partial charge in [-0.15, -0.1) is 0 Å². The Morgan fingerprint density at radius 1 is 1.17 bits per heavy atom. The number of hydrogen-bond donors (Lipinski definition) is 2. The maximum atomic E-state index is 12.4. The molecule has 1 aromatic carbocycles. The number of unbranched alkanes of at least 4 members (excludes halogenated alkanes) is 2. The standard InChI is InChI=1S/C18H24N4O/c1-4-5-6-10-19-18-20-11-9-15(22-18)17(23)21-16-12-13(2)7-8-14(16)3/h7-9,11-12H,4-6,10H2,1-3H3,(H,21,23)(H,19,20,22). The highest BCUT2D eigenvalue weighted by Crippen LogP contribution is 2.17. The van der Waals surface area contributed by atoms with Crippen molar-refractivity contribution in [3.63, 3.8) is 0 Å². The first-order valence-corrected chi connectivity index (χ1v) is 8.05. The van der Waals surface area contributed by atoms with E-state index in [-0.39, 0.29) is 5.91 Å². The molecule has 122 valence electrons. The quantitative estimate of drug-likeness (QED) is 0.760. The SMILES string of the molecule is CCCCCNc1nccc(C(=O)Nc2cc(C)ccc2C)n1. The Morgan fingerprint density at radius 3 is 2.78 bits per heavy atom. The van der Waals surface area contributed by atoms with Crippen LogP contribution in [0.2, 0.25) is 0 Å². The van der Waals surface area contributed by atoms with Gasteiger partial charge in [0, 0.05) is 18.4 Å². The van der Waals surface area contributed by atoms with Gasteiger partial charge in [-0.05, 0) is 43.5 Å². The van der Waals surface area contributed by atoms with Crippen molar-refractivity contribution in [2.24, 2.45) is 0 Å². The highest BCUT2D eigenvalue weighted by atomic mass is 16.1. The fourth-order valence-corrected chi connectivity index (χ4v) is 2.20. The summed E-state index contributed by atoms with van der Waals surface area (Å²) in [6.07, 6.45) is 5.01. The van der Waals surface area contributed by atoms with Crippen LogP contribution < -0.4 is 10.6 Å². The van der Waals surface area contributed by atoms with E-state index in [0.717, 1.165) is 29.8 Å². The zero-order chi connectivity index (χ0) is 16.7. The van der Waals surface area contributed by atoms with Gasteiger partial charge in [0.2, 0.25) is 5.95 Å². The highest BCUT2D eigenvalue weighted by molar-refractivity contribution is 6.03. The third kappa shape index (κ3) is 5.06. The van der Waals surface area contributed by atoms with E-state index in [4.69, 9.17) is 0 Å². The lowest BCUT2D eigenvalue weighted by molar-refractivity contribution is 0.102. The smallest absolute Gasteiger partial charge is 0.274 e. The number of aryl methyl sites for hydroxylation is 2. The van der Waals surface area contributed by atoms with Crippen LogP contribution in [0.3, 0.4) is 0 Å². The van der Waals surface area contributed by atoms with Crippen LogP contribution >= 0.6 is 0 Å². The Bertz CT molecular complexity index is 670. The van der Waals surface area contributed by atoms with Crippen LogP contribution in [-0.2, 0) is 0 Å². The summed E-state index contributed by atoms with van der Waals surface area (Å²) in [6.45, 7) is 6.94. The van der Waals surface area contributed by atoms with Gasteiger partial charge in [0.25, 0.3) is 5.91 Å². The predicted octanol–water partition coefficient (Wildman–Crippen LogP) is 3.95. The number of benzene rings is 1. The van der Waals surface area contributed by atoms with Crippen LogP contribution in [0.5, 0.6) is 0 Å². The van der Waals surface area contributed by atoms with Crippen molar-refractivity contribution in [3.8, 4) is 0 Å².